The Labute approximate surface area is 146 Å². The predicted molar refractivity (Wildman–Crippen MR) is 94.1 cm³/mol. The van der Waals surface area contributed by atoms with Gasteiger partial charge in [0, 0.05) is 12.0 Å². The van der Waals surface area contributed by atoms with E-state index in [1.807, 2.05) is 18.2 Å². The quantitative estimate of drug-likeness (QED) is 0.808. The van der Waals surface area contributed by atoms with Gasteiger partial charge in [-0.25, -0.2) is 4.99 Å². The molecule has 0 spiro atoms. The van der Waals surface area contributed by atoms with Crippen LogP contribution < -0.4 is 15.3 Å². The number of fused-ring (bicyclic) bond motifs is 3. The van der Waals surface area contributed by atoms with Crippen molar-refractivity contribution in [2.75, 3.05) is 13.7 Å². The van der Waals surface area contributed by atoms with E-state index < -0.39 is 0 Å². The second-order valence-corrected chi connectivity index (χ2v) is 7.25. The van der Waals surface area contributed by atoms with E-state index >= 15 is 0 Å². The maximum absolute atomic E-state index is 12.9. The smallest absolute Gasteiger partial charge is 0.332 e. The summed E-state index contributed by atoms with van der Waals surface area (Å²) in [4.78, 5) is 17.2. The monoisotopic (exact) mass is 333 g/mol. The maximum atomic E-state index is 12.9. The van der Waals surface area contributed by atoms with Crippen LogP contribution in [0.3, 0.4) is 0 Å². The molecule has 2 aromatic rings. The van der Waals surface area contributed by atoms with E-state index in [0.29, 0.717) is 6.04 Å². The molecule has 0 saturated carbocycles. The Morgan fingerprint density at radius 2 is 2.00 bits per heavy atom. The molecule has 2 atom stereocenters. The van der Waals surface area contributed by atoms with Crippen LogP contribution in [0.25, 0.3) is 5.70 Å². The van der Waals surface area contributed by atoms with E-state index in [-0.39, 0.29) is 5.91 Å². The highest BCUT2D eigenvalue weighted by molar-refractivity contribution is 6.13. The van der Waals surface area contributed by atoms with E-state index in [1.165, 1.54) is 17.5 Å². The van der Waals surface area contributed by atoms with Gasteiger partial charge in [-0.1, -0.05) is 30.3 Å². The van der Waals surface area contributed by atoms with E-state index in [1.54, 1.807) is 7.11 Å². The number of carbonyl (C=O) groups is 1. The van der Waals surface area contributed by atoms with Gasteiger partial charge in [0.1, 0.15) is 18.3 Å². The van der Waals surface area contributed by atoms with Gasteiger partial charge in [0.25, 0.3) is 0 Å². The molecule has 0 radical (unpaired) electrons. The topological polar surface area (TPSA) is 38.7 Å². The SMILES string of the molecule is COc1ccc2c3c1C1CCCC[N+]1(Cc1ccccc1)C=3C(=O)N=2. The summed E-state index contributed by atoms with van der Waals surface area (Å²) in [6.07, 6.45) is 3.44. The number of hydrogen-bond donors (Lipinski definition) is 0. The fraction of sp³-hybridized carbons (Fsp3) is 0.333. The average Bonchev–Trinajstić information content (AvgIpc) is 3.13. The summed E-state index contributed by atoms with van der Waals surface area (Å²) in [5.41, 5.74) is 3.38. The number of rotatable bonds is 3. The van der Waals surface area contributed by atoms with Crippen molar-refractivity contribution >= 4 is 11.6 Å². The van der Waals surface area contributed by atoms with Crippen molar-refractivity contribution in [3.05, 3.63) is 64.2 Å². The first-order valence-electron chi connectivity index (χ1n) is 9.00. The normalized spacial score (nSPS) is 26.2. The molecule has 2 aromatic carbocycles. The Balaban J connectivity index is 1.78. The van der Waals surface area contributed by atoms with Gasteiger partial charge >= 0.3 is 5.91 Å². The minimum atomic E-state index is -0.0511. The van der Waals surface area contributed by atoms with Crippen molar-refractivity contribution < 1.29 is 14.0 Å². The number of carbonyl (C=O) groups excluding carboxylic acids is 1. The van der Waals surface area contributed by atoms with E-state index in [9.17, 15) is 4.79 Å². The Morgan fingerprint density at radius 1 is 1.16 bits per heavy atom. The van der Waals surface area contributed by atoms with E-state index in [4.69, 9.17) is 4.74 Å². The van der Waals surface area contributed by atoms with Gasteiger partial charge in [-0.2, -0.15) is 0 Å². The number of quaternary nitrogens is 1. The zero-order chi connectivity index (χ0) is 17.0. The zero-order valence-electron chi connectivity index (χ0n) is 14.4. The second kappa shape index (κ2) is 5.27. The Bertz CT molecular complexity index is 997. The number of nitrogens with zero attached hydrogens (tertiary/aromatic N) is 2. The highest BCUT2D eigenvalue weighted by Gasteiger charge is 2.54. The molecule has 1 saturated heterocycles. The van der Waals surface area contributed by atoms with Crippen LogP contribution in [0.4, 0.5) is 0 Å². The summed E-state index contributed by atoms with van der Waals surface area (Å²) in [7, 11) is 1.72. The lowest BCUT2D eigenvalue weighted by atomic mass is 9.93. The van der Waals surface area contributed by atoms with Gasteiger partial charge < -0.3 is 4.74 Å². The third kappa shape index (κ3) is 1.91. The molecule has 0 aliphatic carbocycles. The molecule has 0 N–H and O–H groups in total. The summed E-state index contributed by atoms with van der Waals surface area (Å²) in [6, 6.07) is 14.7. The Kier molecular flexibility index (Phi) is 3.13. The molecule has 0 bridgehead atoms. The molecule has 2 unspecified atom stereocenters. The molecule has 0 aromatic heterocycles. The summed E-state index contributed by atoms with van der Waals surface area (Å²) in [6.45, 7) is 1.84. The molecule has 1 amide bonds. The fourth-order valence-corrected chi connectivity index (χ4v) is 5.09. The molecule has 4 heteroatoms. The molecular weight excluding hydrogens is 312 g/mol. The largest absolute Gasteiger partial charge is 0.496 e. The Morgan fingerprint density at radius 3 is 2.80 bits per heavy atom. The molecule has 3 aliphatic rings. The van der Waals surface area contributed by atoms with Crippen LogP contribution in [0.2, 0.25) is 0 Å². The highest BCUT2D eigenvalue weighted by atomic mass is 16.5. The predicted octanol–water partition coefficient (Wildman–Crippen LogP) is 2.22. The van der Waals surface area contributed by atoms with Gasteiger partial charge in [-0.3, -0.25) is 9.28 Å². The van der Waals surface area contributed by atoms with Gasteiger partial charge in [0.05, 0.1) is 29.8 Å². The standard InChI is InChI=1S/C21H21N2O2/c1-25-17-11-10-15-18-19(17)16-9-5-6-12-23(16,20(18)21(24)22-15)13-14-7-3-2-4-8-14/h2-4,7-8,10-11,16H,5-6,9,12-13H2,1H3/q+1. The Hall–Kier alpha value is -2.46. The van der Waals surface area contributed by atoms with Gasteiger partial charge in [-0.15, -0.1) is 0 Å². The third-order valence-corrected chi connectivity index (χ3v) is 6.03. The lowest BCUT2D eigenvalue weighted by Crippen LogP contribution is -2.50. The van der Waals surface area contributed by atoms with Crippen molar-refractivity contribution in [3.8, 4) is 5.75 Å². The minimum Gasteiger partial charge on any atom is -0.496 e. The highest BCUT2D eigenvalue weighted by Crippen LogP contribution is 2.49. The number of ether oxygens (including phenoxy) is 1. The molecule has 25 heavy (non-hydrogen) atoms. The van der Waals surface area contributed by atoms with Crippen molar-refractivity contribution in [2.45, 2.75) is 31.8 Å². The zero-order valence-corrected chi connectivity index (χ0v) is 14.4. The molecule has 3 aliphatic heterocycles. The molecular formula is C21H21N2O2+. The first-order valence-corrected chi connectivity index (χ1v) is 9.00. The third-order valence-electron chi connectivity index (χ3n) is 6.03. The van der Waals surface area contributed by atoms with Crippen LogP contribution in [-0.2, 0) is 11.3 Å². The first kappa shape index (κ1) is 14.8. The van der Waals surface area contributed by atoms with Crippen LogP contribution in [0.1, 0.15) is 36.4 Å². The molecule has 5 rings (SSSR count). The summed E-state index contributed by atoms with van der Waals surface area (Å²) >= 11 is 0. The summed E-state index contributed by atoms with van der Waals surface area (Å²) in [5, 5.41) is 1.89. The first-order chi connectivity index (χ1) is 12.2. The summed E-state index contributed by atoms with van der Waals surface area (Å²) in [5.74, 6) is 0.853. The van der Waals surface area contributed by atoms with Crippen molar-refractivity contribution in [3.63, 3.8) is 0 Å². The van der Waals surface area contributed by atoms with Crippen LogP contribution in [0.5, 0.6) is 5.75 Å². The lowest BCUT2D eigenvalue weighted by molar-refractivity contribution is -0.905. The van der Waals surface area contributed by atoms with Crippen LogP contribution in [0.15, 0.2) is 47.5 Å². The average molecular weight is 333 g/mol. The van der Waals surface area contributed by atoms with Gasteiger partial charge in [0.15, 0.2) is 0 Å². The van der Waals surface area contributed by atoms with Crippen molar-refractivity contribution in [2.24, 2.45) is 4.99 Å². The van der Waals surface area contributed by atoms with E-state index in [2.05, 4.69) is 29.3 Å². The van der Waals surface area contributed by atoms with E-state index in [0.717, 1.165) is 52.4 Å². The number of benzene rings is 2. The summed E-state index contributed by atoms with van der Waals surface area (Å²) < 4.78 is 6.41. The fourth-order valence-electron chi connectivity index (χ4n) is 5.09. The second-order valence-electron chi connectivity index (χ2n) is 7.25. The van der Waals surface area contributed by atoms with Crippen molar-refractivity contribution in [1.29, 1.82) is 0 Å². The van der Waals surface area contributed by atoms with Crippen LogP contribution in [0, 0.1) is 0 Å². The van der Waals surface area contributed by atoms with Crippen LogP contribution >= 0.6 is 0 Å². The number of amides is 1. The number of piperidine rings is 1. The number of methoxy groups -OCH3 is 1. The molecule has 126 valence electrons. The molecule has 1 fully saturated rings. The maximum Gasteiger partial charge on any atom is 0.332 e. The number of hydrogen-bond acceptors (Lipinski definition) is 2. The lowest BCUT2D eigenvalue weighted by Gasteiger charge is -2.44. The van der Waals surface area contributed by atoms with Gasteiger partial charge in [-0.05, 0) is 25.0 Å². The van der Waals surface area contributed by atoms with Crippen LogP contribution in [-0.4, -0.2) is 24.0 Å². The molecule has 4 nitrogen and oxygen atoms in total. The van der Waals surface area contributed by atoms with Gasteiger partial charge in [0.2, 0.25) is 5.70 Å². The van der Waals surface area contributed by atoms with Crippen molar-refractivity contribution in [1.82, 2.24) is 0 Å². The molecule has 3 heterocycles. The minimum absolute atomic E-state index is 0.0511.